The molecule has 0 heterocycles. The molecule has 2 amide bonds. The summed E-state index contributed by atoms with van der Waals surface area (Å²) >= 11 is 12.2. The van der Waals surface area contributed by atoms with Crippen LogP contribution in [0.4, 0.5) is 0 Å². The molecule has 0 aromatic heterocycles. The molecule has 0 aliphatic heterocycles. The Kier molecular flexibility index (Phi) is 7.64. The Morgan fingerprint density at radius 2 is 1.63 bits per heavy atom. The minimum Gasteiger partial charge on any atom is -0.467 e. The molecule has 142 valence electrons. The number of methoxy groups -OCH3 is 1. The van der Waals surface area contributed by atoms with Crippen molar-refractivity contribution in [3.8, 4) is 0 Å². The van der Waals surface area contributed by atoms with E-state index in [2.05, 4.69) is 10.6 Å². The Hall–Kier alpha value is -2.57. The predicted octanol–water partition coefficient (Wildman–Crippen LogP) is 2.62. The number of hydrogen-bond donors (Lipinski definition) is 2. The average molecular weight is 409 g/mol. The SMILES string of the molecule is COC(=O)[C@H](Cc1c(Cl)cccc1Cl)NC(=O)CNC(=O)c1ccccc1. The van der Waals surface area contributed by atoms with Gasteiger partial charge in [-0.15, -0.1) is 0 Å². The van der Waals surface area contributed by atoms with Gasteiger partial charge in [0.2, 0.25) is 5.91 Å². The zero-order valence-corrected chi connectivity index (χ0v) is 16.0. The Morgan fingerprint density at radius 3 is 2.22 bits per heavy atom. The Morgan fingerprint density at radius 1 is 1.00 bits per heavy atom. The van der Waals surface area contributed by atoms with Crippen LogP contribution in [0.5, 0.6) is 0 Å². The summed E-state index contributed by atoms with van der Waals surface area (Å²) in [6.07, 6.45) is 0.0591. The molecule has 0 saturated heterocycles. The minimum atomic E-state index is -0.992. The van der Waals surface area contributed by atoms with E-state index in [1.807, 2.05) is 0 Å². The Labute approximate surface area is 166 Å². The third kappa shape index (κ3) is 5.98. The molecule has 0 unspecified atom stereocenters. The highest BCUT2D eigenvalue weighted by atomic mass is 35.5. The zero-order chi connectivity index (χ0) is 19.8. The van der Waals surface area contributed by atoms with E-state index < -0.39 is 23.8 Å². The van der Waals surface area contributed by atoms with E-state index in [-0.39, 0.29) is 13.0 Å². The van der Waals surface area contributed by atoms with Crippen LogP contribution < -0.4 is 10.6 Å². The smallest absolute Gasteiger partial charge is 0.328 e. The van der Waals surface area contributed by atoms with E-state index >= 15 is 0 Å². The first kappa shape index (κ1) is 20.7. The second-order valence-electron chi connectivity index (χ2n) is 5.60. The molecule has 1 atom stereocenters. The minimum absolute atomic E-state index is 0.0591. The Balaban J connectivity index is 2.00. The fraction of sp³-hybridized carbons (Fsp3) is 0.211. The Bertz CT molecular complexity index is 807. The molecule has 0 aliphatic rings. The summed E-state index contributed by atoms with van der Waals surface area (Å²) in [5, 5.41) is 5.78. The third-order valence-corrected chi connectivity index (χ3v) is 4.44. The number of nitrogens with one attached hydrogen (secondary N) is 2. The number of amides is 2. The molecule has 2 aromatic rings. The summed E-state index contributed by atoms with van der Waals surface area (Å²) in [4.78, 5) is 36.2. The van der Waals surface area contributed by atoms with Crippen LogP contribution in [0, 0.1) is 0 Å². The molecule has 0 spiro atoms. The molecular formula is C19H18Cl2N2O4. The lowest BCUT2D eigenvalue weighted by atomic mass is 10.1. The monoisotopic (exact) mass is 408 g/mol. The first-order chi connectivity index (χ1) is 12.9. The summed E-state index contributed by atoms with van der Waals surface area (Å²) in [5.74, 6) is -1.58. The van der Waals surface area contributed by atoms with Crippen LogP contribution in [0.3, 0.4) is 0 Å². The fourth-order valence-corrected chi connectivity index (χ4v) is 2.92. The van der Waals surface area contributed by atoms with Gasteiger partial charge in [0.15, 0.2) is 0 Å². The van der Waals surface area contributed by atoms with Crippen molar-refractivity contribution in [2.45, 2.75) is 12.5 Å². The van der Waals surface area contributed by atoms with Crippen molar-refractivity contribution in [1.29, 1.82) is 0 Å². The van der Waals surface area contributed by atoms with Crippen molar-refractivity contribution in [3.63, 3.8) is 0 Å². The van der Waals surface area contributed by atoms with Gasteiger partial charge in [-0.05, 0) is 29.8 Å². The highest BCUT2D eigenvalue weighted by Gasteiger charge is 2.24. The van der Waals surface area contributed by atoms with Crippen LogP contribution in [0.15, 0.2) is 48.5 Å². The highest BCUT2D eigenvalue weighted by Crippen LogP contribution is 2.25. The molecule has 0 aliphatic carbocycles. The summed E-state index contributed by atoms with van der Waals surface area (Å²) in [5.41, 5.74) is 0.947. The van der Waals surface area contributed by atoms with Crippen molar-refractivity contribution in [2.75, 3.05) is 13.7 Å². The second kappa shape index (κ2) is 9.94. The molecule has 0 fully saturated rings. The molecule has 27 heavy (non-hydrogen) atoms. The molecule has 0 saturated carbocycles. The third-order valence-electron chi connectivity index (χ3n) is 3.74. The molecular weight excluding hydrogens is 391 g/mol. The molecule has 0 bridgehead atoms. The average Bonchev–Trinajstić information content (AvgIpc) is 2.68. The van der Waals surface area contributed by atoms with Crippen molar-refractivity contribution in [1.82, 2.24) is 10.6 Å². The van der Waals surface area contributed by atoms with E-state index in [1.165, 1.54) is 7.11 Å². The number of hydrogen-bond acceptors (Lipinski definition) is 4. The van der Waals surface area contributed by atoms with Crippen molar-refractivity contribution in [3.05, 3.63) is 69.7 Å². The zero-order valence-electron chi connectivity index (χ0n) is 14.5. The number of esters is 1. The van der Waals surface area contributed by atoms with Crippen LogP contribution in [0.25, 0.3) is 0 Å². The predicted molar refractivity (Wildman–Crippen MR) is 103 cm³/mol. The van der Waals surface area contributed by atoms with Gasteiger partial charge in [-0.2, -0.15) is 0 Å². The first-order valence-corrected chi connectivity index (χ1v) is 8.81. The van der Waals surface area contributed by atoms with Gasteiger partial charge in [-0.25, -0.2) is 4.79 Å². The van der Waals surface area contributed by atoms with Crippen LogP contribution >= 0.6 is 23.2 Å². The van der Waals surface area contributed by atoms with Gasteiger partial charge in [-0.1, -0.05) is 47.5 Å². The topological polar surface area (TPSA) is 84.5 Å². The second-order valence-corrected chi connectivity index (χ2v) is 6.41. The van der Waals surface area contributed by atoms with E-state index in [9.17, 15) is 14.4 Å². The van der Waals surface area contributed by atoms with Crippen LogP contribution in [0.2, 0.25) is 10.0 Å². The van der Waals surface area contributed by atoms with Crippen LogP contribution in [-0.2, 0) is 20.7 Å². The maximum Gasteiger partial charge on any atom is 0.328 e. The molecule has 0 radical (unpaired) electrons. The summed E-state index contributed by atoms with van der Waals surface area (Å²) < 4.78 is 4.73. The van der Waals surface area contributed by atoms with Gasteiger partial charge in [-0.3, -0.25) is 9.59 Å². The number of benzene rings is 2. The maximum atomic E-state index is 12.2. The number of ether oxygens (including phenoxy) is 1. The van der Waals surface area contributed by atoms with Crippen LogP contribution in [-0.4, -0.2) is 37.5 Å². The number of halogens is 2. The van der Waals surface area contributed by atoms with Gasteiger partial charge in [0.05, 0.1) is 13.7 Å². The van der Waals surface area contributed by atoms with E-state index in [1.54, 1.807) is 48.5 Å². The lowest BCUT2D eigenvalue weighted by Crippen LogP contribution is -2.47. The van der Waals surface area contributed by atoms with E-state index in [0.29, 0.717) is 21.2 Å². The van der Waals surface area contributed by atoms with E-state index in [4.69, 9.17) is 27.9 Å². The maximum absolute atomic E-state index is 12.2. The number of carbonyl (C=O) groups is 3. The lowest BCUT2D eigenvalue weighted by Gasteiger charge is -2.18. The molecule has 6 nitrogen and oxygen atoms in total. The van der Waals surface area contributed by atoms with Gasteiger partial charge in [0, 0.05) is 22.0 Å². The van der Waals surface area contributed by atoms with Crippen molar-refractivity contribution in [2.24, 2.45) is 0 Å². The number of carbonyl (C=O) groups excluding carboxylic acids is 3. The van der Waals surface area contributed by atoms with Crippen molar-refractivity contribution >= 4 is 41.0 Å². The fourth-order valence-electron chi connectivity index (χ4n) is 2.36. The summed E-state index contributed by atoms with van der Waals surface area (Å²) in [7, 11) is 1.22. The highest BCUT2D eigenvalue weighted by molar-refractivity contribution is 6.36. The van der Waals surface area contributed by atoms with Crippen molar-refractivity contribution < 1.29 is 19.1 Å². The first-order valence-electron chi connectivity index (χ1n) is 8.05. The lowest BCUT2D eigenvalue weighted by molar-refractivity contribution is -0.144. The van der Waals surface area contributed by atoms with E-state index in [0.717, 1.165) is 0 Å². The molecule has 8 heteroatoms. The quantitative estimate of drug-likeness (QED) is 0.689. The molecule has 2 aromatic carbocycles. The van der Waals surface area contributed by atoms with Crippen LogP contribution in [0.1, 0.15) is 15.9 Å². The molecule has 2 rings (SSSR count). The van der Waals surface area contributed by atoms with Gasteiger partial charge in [0.1, 0.15) is 6.04 Å². The standard InChI is InChI=1S/C19H18Cl2N2O4/c1-27-19(26)16(10-13-14(20)8-5-9-15(13)21)23-17(24)11-22-18(25)12-6-3-2-4-7-12/h2-9,16H,10-11H2,1H3,(H,22,25)(H,23,24)/t16-/m0/s1. The summed E-state index contributed by atoms with van der Waals surface area (Å²) in [6.45, 7) is -0.294. The number of rotatable bonds is 7. The van der Waals surface area contributed by atoms with Gasteiger partial charge >= 0.3 is 5.97 Å². The molecule has 2 N–H and O–H groups in total. The summed E-state index contributed by atoms with van der Waals surface area (Å²) in [6, 6.07) is 12.4. The van der Waals surface area contributed by atoms with Gasteiger partial charge in [0.25, 0.3) is 5.91 Å². The normalized spacial score (nSPS) is 11.4. The van der Waals surface area contributed by atoms with Gasteiger partial charge < -0.3 is 15.4 Å². The largest absolute Gasteiger partial charge is 0.467 e.